The molecule has 0 fully saturated rings. The first-order chi connectivity index (χ1) is 8.72. The van der Waals surface area contributed by atoms with Crippen molar-refractivity contribution in [1.82, 2.24) is 5.32 Å². The molecule has 0 saturated heterocycles. The van der Waals surface area contributed by atoms with Crippen LogP contribution < -0.4 is 5.32 Å². The maximum absolute atomic E-state index is 3.67. The van der Waals surface area contributed by atoms with Gasteiger partial charge in [0.25, 0.3) is 0 Å². The molecule has 2 aromatic rings. The predicted molar refractivity (Wildman–Crippen MR) is 85.8 cm³/mol. The molecular formula is C14H18BrNS2. The average molecular weight is 344 g/mol. The number of halogens is 1. The second-order valence-electron chi connectivity index (χ2n) is 4.41. The van der Waals surface area contributed by atoms with Crippen molar-refractivity contribution in [1.29, 1.82) is 0 Å². The monoisotopic (exact) mass is 343 g/mol. The van der Waals surface area contributed by atoms with Gasteiger partial charge in [0.2, 0.25) is 0 Å². The zero-order chi connectivity index (χ0) is 13.0. The summed E-state index contributed by atoms with van der Waals surface area (Å²) >= 11 is 7.26. The Morgan fingerprint density at radius 1 is 1.39 bits per heavy atom. The van der Waals surface area contributed by atoms with Crippen LogP contribution >= 0.6 is 38.6 Å². The second kappa shape index (κ2) is 6.85. The minimum Gasteiger partial charge on any atom is -0.310 e. The van der Waals surface area contributed by atoms with Crippen LogP contribution in [0.3, 0.4) is 0 Å². The lowest BCUT2D eigenvalue weighted by Crippen LogP contribution is -2.24. The molecule has 0 aliphatic rings. The Kier molecular flexibility index (Phi) is 5.42. The van der Waals surface area contributed by atoms with Gasteiger partial charge < -0.3 is 5.32 Å². The van der Waals surface area contributed by atoms with Gasteiger partial charge >= 0.3 is 0 Å². The summed E-state index contributed by atoms with van der Waals surface area (Å²) in [5.74, 6) is 0. The van der Waals surface area contributed by atoms with E-state index in [4.69, 9.17) is 0 Å². The number of aryl methyl sites for hydroxylation is 1. The Morgan fingerprint density at radius 3 is 2.78 bits per heavy atom. The Hall–Kier alpha value is -0.160. The zero-order valence-corrected chi connectivity index (χ0v) is 13.9. The van der Waals surface area contributed by atoms with E-state index in [0.717, 1.165) is 13.0 Å². The molecule has 0 amide bonds. The molecule has 1 nitrogen and oxygen atoms in total. The number of hydrogen-bond donors (Lipinski definition) is 1. The molecule has 0 saturated carbocycles. The van der Waals surface area contributed by atoms with Crippen molar-refractivity contribution in [2.45, 2.75) is 32.7 Å². The van der Waals surface area contributed by atoms with E-state index in [9.17, 15) is 0 Å². The molecule has 18 heavy (non-hydrogen) atoms. The molecular weight excluding hydrogens is 326 g/mol. The summed E-state index contributed by atoms with van der Waals surface area (Å²) in [4.78, 5) is 1.43. The average Bonchev–Trinajstić information content (AvgIpc) is 2.94. The predicted octanol–water partition coefficient (Wildman–Crippen LogP) is 5.16. The van der Waals surface area contributed by atoms with Gasteiger partial charge in [-0.15, -0.1) is 11.3 Å². The fourth-order valence-electron chi connectivity index (χ4n) is 1.99. The van der Waals surface area contributed by atoms with Crippen LogP contribution in [0.5, 0.6) is 0 Å². The van der Waals surface area contributed by atoms with Crippen molar-refractivity contribution in [3.05, 3.63) is 42.7 Å². The highest BCUT2D eigenvalue weighted by Gasteiger charge is 2.16. The molecule has 0 spiro atoms. The molecule has 0 bridgehead atoms. The van der Waals surface area contributed by atoms with Gasteiger partial charge in [0.05, 0.1) is 0 Å². The zero-order valence-electron chi connectivity index (χ0n) is 10.7. The summed E-state index contributed by atoms with van der Waals surface area (Å²) in [6.07, 6.45) is 2.24. The molecule has 0 aliphatic heterocycles. The van der Waals surface area contributed by atoms with E-state index in [1.54, 1.807) is 11.3 Å². The molecule has 4 heteroatoms. The third-order valence-corrected chi connectivity index (χ3v) is 5.82. The van der Waals surface area contributed by atoms with E-state index in [-0.39, 0.29) is 0 Å². The largest absolute Gasteiger partial charge is 0.310 e. The number of rotatable bonds is 6. The van der Waals surface area contributed by atoms with E-state index in [1.165, 1.54) is 26.9 Å². The first kappa shape index (κ1) is 14.3. The summed E-state index contributed by atoms with van der Waals surface area (Å²) in [6, 6.07) is 2.57. The number of thiophene rings is 2. The van der Waals surface area contributed by atoms with Crippen molar-refractivity contribution < 1.29 is 0 Å². The normalized spacial score (nSPS) is 12.8. The van der Waals surface area contributed by atoms with Crippen molar-refractivity contribution in [3.8, 4) is 0 Å². The van der Waals surface area contributed by atoms with Crippen molar-refractivity contribution in [2.75, 3.05) is 6.54 Å². The molecule has 1 N–H and O–H groups in total. The highest BCUT2D eigenvalue weighted by Crippen LogP contribution is 2.30. The van der Waals surface area contributed by atoms with Crippen LogP contribution in [0.2, 0.25) is 0 Å². The Labute approximate surface area is 125 Å². The van der Waals surface area contributed by atoms with Crippen LogP contribution in [0.4, 0.5) is 0 Å². The number of nitrogens with one attached hydrogen (secondary N) is 1. The molecule has 0 aromatic carbocycles. The third kappa shape index (κ3) is 3.44. The van der Waals surface area contributed by atoms with Crippen molar-refractivity contribution in [3.63, 3.8) is 0 Å². The highest BCUT2D eigenvalue weighted by molar-refractivity contribution is 9.10. The van der Waals surface area contributed by atoms with Crippen LogP contribution in [0.1, 0.15) is 35.4 Å². The first-order valence-corrected chi connectivity index (χ1v) is 8.81. The van der Waals surface area contributed by atoms with Crippen LogP contribution in [0, 0.1) is 6.92 Å². The molecule has 0 aliphatic carbocycles. The van der Waals surface area contributed by atoms with Gasteiger partial charge in [-0.25, -0.2) is 0 Å². The lowest BCUT2D eigenvalue weighted by molar-refractivity contribution is 0.531. The Morgan fingerprint density at radius 2 is 2.22 bits per heavy atom. The number of hydrogen-bond acceptors (Lipinski definition) is 3. The smallest absolute Gasteiger partial charge is 0.0380 e. The van der Waals surface area contributed by atoms with Gasteiger partial charge in [0.15, 0.2) is 0 Å². The minimum absolute atomic E-state index is 0.436. The van der Waals surface area contributed by atoms with Gasteiger partial charge in [0.1, 0.15) is 0 Å². The Bertz CT molecular complexity index is 489. The molecule has 2 aromatic heterocycles. The maximum atomic E-state index is 3.67. The van der Waals surface area contributed by atoms with E-state index < -0.39 is 0 Å². The van der Waals surface area contributed by atoms with Gasteiger partial charge in [-0.3, -0.25) is 0 Å². The highest BCUT2D eigenvalue weighted by atomic mass is 79.9. The van der Waals surface area contributed by atoms with Crippen LogP contribution in [0.25, 0.3) is 0 Å². The topological polar surface area (TPSA) is 12.0 Å². The van der Waals surface area contributed by atoms with E-state index in [0.29, 0.717) is 6.04 Å². The van der Waals surface area contributed by atoms with E-state index in [2.05, 4.69) is 57.3 Å². The maximum Gasteiger partial charge on any atom is 0.0380 e. The van der Waals surface area contributed by atoms with Gasteiger partial charge in [-0.1, -0.05) is 6.92 Å². The first-order valence-electron chi connectivity index (χ1n) is 6.20. The van der Waals surface area contributed by atoms with E-state index >= 15 is 0 Å². The fraction of sp³-hybridized carbons (Fsp3) is 0.429. The van der Waals surface area contributed by atoms with E-state index in [1.807, 2.05) is 11.3 Å². The third-order valence-electron chi connectivity index (χ3n) is 2.99. The SMILES string of the molecule is CCCNC(Cc1sccc1Br)c1cscc1C. The quantitative estimate of drug-likeness (QED) is 0.763. The van der Waals surface area contributed by atoms with Crippen molar-refractivity contribution >= 4 is 38.6 Å². The summed E-state index contributed by atoms with van der Waals surface area (Å²) < 4.78 is 1.24. The fourth-order valence-corrected chi connectivity index (χ4v) is 4.46. The summed E-state index contributed by atoms with van der Waals surface area (Å²) in [5.41, 5.74) is 2.86. The molecule has 0 radical (unpaired) electrons. The lowest BCUT2D eigenvalue weighted by atomic mass is 10.0. The summed E-state index contributed by atoms with van der Waals surface area (Å²) in [7, 11) is 0. The van der Waals surface area contributed by atoms with Gasteiger partial charge in [0, 0.05) is 21.8 Å². The molecule has 1 atom stereocenters. The summed E-state index contributed by atoms with van der Waals surface area (Å²) in [6.45, 7) is 5.49. The lowest BCUT2D eigenvalue weighted by Gasteiger charge is -2.18. The van der Waals surface area contributed by atoms with Crippen LogP contribution in [-0.2, 0) is 6.42 Å². The Balaban J connectivity index is 2.15. The van der Waals surface area contributed by atoms with Crippen molar-refractivity contribution in [2.24, 2.45) is 0 Å². The van der Waals surface area contributed by atoms with Crippen LogP contribution in [0.15, 0.2) is 26.7 Å². The van der Waals surface area contributed by atoms with Gasteiger partial charge in [-0.2, -0.15) is 11.3 Å². The second-order valence-corrected chi connectivity index (χ2v) is 7.01. The van der Waals surface area contributed by atoms with Crippen LogP contribution in [-0.4, -0.2) is 6.54 Å². The van der Waals surface area contributed by atoms with Gasteiger partial charge in [-0.05, 0) is 69.2 Å². The molecule has 98 valence electrons. The minimum atomic E-state index is 0.436. The molecule has 2 rings (SSSR count). The molecule has 2 heterocycles. The standard InChI is InChI=1S/C14H18BrNS2/c1-3-5-16-13(11-9-17-8-10(11)2)7-14-12(15)4-6-18-14/h4,6,8-9,13,16H,3,5,7H2,1-2H3. The molecule has 1 unspecified atom stereocenters. The summed E-state index contributed by atoms with van der Waals surface area (Å²) in [5, 5.41) is 10.3.